The molecule has 1 amide bonds. The van der Waals surface area contributed by atoms with Crippen molar-refractivity contribution in [2.24, 2.45) is 5.92 Å². The minimum Gasteiger partial charge on any atom is -0.507 e. The van der Waals surface area contributed by atoms with Crippen LogP contribution in [0.1, 0.15) is 49.4 Å². The van der Waals surface area contributed by atoms with Crippen LogP contribution in [0.2, 0.25) is 0 Å². The van der Waals surface area contributed by atoms with Gasteiger partial charge in [-0.2, -0.15) is 0 Å². The standard InChI is InChI=1S/C15H20INO2/c1-10-5-3-2-4-6-13(10)17-15(19)11-7-8-12(16)14(18)9-11/h7-10,13,18H,2-6H2,1H3,(H,17,19). The summed E-state index contributed by atoms with van der Waals surface area (Å²) in [5.41, 5.74) is 0.536. The molecule has 1 aromatic carbocycles. The number of hydrogen-bond acceptors (Lipinski definition) is 2. The normalized spacial score (nSPS) is 23.7. The fraction of sp³-hybridized carbons (Fsp3) is 0.533. The third-order valence-electron chi connectivity index (χ3n) is 3.89. The molecule has 0 radical (unpaired) electrons. The minimum atomic E-state index is -0.0783. The molecule has 2 rings (SSSR count). The second-order valence-electron chi connectivity index (χ2n) is 5.36. The van der Waals surface area contributed by atoms with Crippen LogP contribution in [0.5, 0.6) is 5.75 Å². The van der Waals surface area contributed by atoms with Gasteiger partial charge in [-0.25, -0.2) is 0 Å². The van der Waals surface area contributed by atoms with Gasteiger partial charge in [0.1, 0.15) is 5.75 Å². The molecule has 3 nitrogen and oxygen atoms in total. The highest BCUT2D eigenvalue weighted by Crippen LogP contribution is 2.24. The van der Waals surface area contributed by atoms with Gasteiger partial charge in [-0.1, -0.05) is 26.2 Å². The molecule has 0 bridgehead atoms. The largest absolute Gasteiger partial charge is 0.507 e. The lowest BCUT2D eigenvalue weighted by Gasteiger charge is -2.22. The average Bonchev–Trinajstić information content (AvgIpc) is 2.58. The predicted octanol–water partition coefficient (Wildman–Crippen LogP) is 3.70. The molecule has 104 valence electrons. The van der Waals surface area contributed by atoms with Crippen molar-refractivity contribution in [1.29, 1.82) is 0 Å². The van der Waals surface area contributed by atoms with Gasteiger partial charge >= 0.3 is 0 Å². The van der Waals surface area contributed by atoms with Crippen molar-refractivity contribution < 1.29 is 9.90 Å². The number of phenolic OH excluding ortho intramolecular Hbond substituents is 1. The van der Waals surface area contributed by atoms with E-state index in [1.807, 2.05) is 22.6 Å². The second-order valence-corrected chi connectivity index (χ2v) is 6.52. The highest BCUT2D eigenvalue weighted by Gasteiger charge is 2.22. The van der Waals surface area contributed by atoms with Gasteiger partial charge in [0, 0.05) is 11.6 Å². The van der Waals surface area contributed by atoms with Gasteiger partial charge in [0.15, 0.2) is 0 Å². The van der Waals surface area contributed by atoms with Gasteiger partial charge < -0.3 is 10.4 Å². The van der Waals surface area contributed by atoms with Crippen LogP contribution in [0.25, 0.3) is 0 Å². The lowest BCUT2D eigenvalue weighted by molar-refractivity contribution is 0.0921. The molecule has 1 aliphatic rings. The summed E-state index contributed by atoms with van der Waals surface area (Å²) in [6, 6.07) is 5.33. The number of carbonyl (C=O) groups is 1. The molecule has 1 fully saturated rings. The second kappa shape index (κ2) is 6.59. The number of nitrogens with one attached hydrogen (secondary N) is 1. The third kappa shape index (κ3) is 3.84. The van der Waals surface area contributed by atoms with E-state index in [1.165, 1.54) is 25.7 Å². The van der Waals surface area contributed by atoms with Crippen LogP contribution in [-0.2, 0) is 0 Å². The van der Waals surface area contributed by atoms with Gasteiger partial charge in [0.05, 0.1) is 3.57 Å². The Labute approximate surface area is 127 Å². The summed E-state index contributed by atoms with van der Waals surface area (Å²) < 4.78 is 0.761. The monoisotopic (exact) mass is 373 g/mol. The van der Waals surface area contributed by atoms with Crippen LogP contribution in [0.4, 0.5) is 0 Å². The maximum Gasteiger partial charge on any atom is 0.251 e. The molecule has 2 unspecified atom stereocenters. The molecule has 0 saturated heterocycles. The van der Waals surface area contributed by atoms with Gasteiger partial charge in [-0.05, 0) is 59.5 Å². The molecular weight excluding hydrogens is 353 g/mol. The maximum atomic E-state index is 12.2. The SMILES string of the molecule is CC1CCCCCC1NC(=O)c1ccc(I)c(O)c1. The summed E-state index contributed by atoms with van der Waals surface area (Å²) in [5.74, 6) is 0.622. The Morgan fingerprint density at radius 3 is 2.79 bits per heavy atom. The van der Waals surface area contributed by atoms with Gasteiger partial charge in [-0.3, -0.25) is 4.79 Å². The first-order valence-electron chi connectivity index (χ1n) is 6.87. The van der Waals surface area contributed by atoms with Crippen LogP contribution in [0.15, 0.2) is 18.2 Å². The first kappa shape index (κ1) is 14.6. The van der Waals surface area contributed by atoms with Crippen LogP contribution in [0, 0.1) is 9.49 Å². The van der Waals surface area contributed by atoms with E-state index in [9.17, 15) is 9.90 Å². The molecule has 19 heavy (non-hydrogen) atoms. The molecule has 4 heteroatoms. The third-order valence-corrected chi connectivity index (χ3v) is 4.80. The van der Waals surface area contributed by atoms with E-state index < -0.39 is 0 Å². The molecule has 0 aromatic heterocycles. The van der Waals surface area contributed by atoms with Crippen molar-refractivity contribution in [3.63, 3.8) is 0 Å². The van der Waals surface area contributed by atoms with Gasteiger partial charge in [0.2, 0.25) is 0 Å². The summed E-state index contributed by atoms with van der Waals surface area (Å²) in [4.78, 5) is 12.2. The number of amides is 1. The summed E-state index contributed by atoms with van der Waals surface area (Å²) in [5, 5.41) is 12.8. The van der Waals surface area contributed by atoms with Crippen molar-refractivity contribution in [2.75, 3.05) is 0 Å². The molecule has 1 aliphatic carbocycles. The van der Waals surface area contributed by atoms with Crippen molar-refractivity contribution in [3.8, 4) is 5.75 Å². The van der Waals surface area contributed by atoms with E-state index in [0.29, 0.717) is 11.5 Å². The van der Waals surface area contributed by atoms with Gasteiger partial charge in [-0.15, -0.1) is 0 Å². The molecule has 2 N–H and O–H groups in total. The Balaban J connectivity index is 2.05. The summed E-state index contributed by atoms with van der Waals surface area (Å²) >= 11 is 2.05. The molecule has 1 saturated carbocycles. The highest BCUT2D eigenvalue weighted by molar-refractivity contribution is 14.1. The van der Waals surface area contributed by atoms with E-state index in [-0.39, 0.29) is 17.7 Å². The molecule has 2 atom stereocenters. The zero-order valence-electron chi connectivity index (χ0n) is 11.2. The fourth-order valence-corrected chi connectivity index (χ4v) is 2.95. The van der Waals surface area contributed by atoms with E-state index in [1.54, 1.807) is 18.2 Å². The van der Waals surface area contributed by atoms with Crippen molar-refractivity contribution >= 4 is 28.5 Å². The Morgan fingerprint density at radius 1 is 1.32 bits per heavy atom. The average molecular weight is 373 g/mol. The topological polar surface area (TPSA) is 49.3 Å². The highest BCUT2D eigenvalue weighted by atomic mass is 127. The molecule has 0 spiro atoms. The van der Waals surface area contributed by atoms with Crippen LogP contribution >= 0.6 is 22.6 Å². The first-order chi connectivity index (χ1) is 9.08. The predicted molar refractivity (Wildman–Crippen MR) is 84.3 cm³/mol. The lowest BCUT2D eigenvalue weighted by Crippen LogP contribution is -2.38. The molecular formula is C15H20INO2. The fourth-order valence-electron chi connectivity index (χ4n) is 2.61. The van der Waals surface area contributed by atoms with Crippen LogP contribution in [0.3, 0.4) is 0 Å². The zero-order valence-corrected chi connectivity index (χ0v) is 13.3. The summed E-state index contributed by atoms with van der Waals surface area (Å²) in [7, 11) is 0. The van der Waals surface area contributed by atoms with E-state index >= 15 is 0 Å². The van der Waals surface area contributed by atoms with Gasteiger partial charge in [0.25, 0.3) is 5.91 Å². The zero-order chi connectivity index (χ0) is 13.8. The Kier molecular flexibility index (Phi) is 5.07. The van der Waals surface area contributed by atoms with Crippen molar-refractivity contribution in [1.82, 2.24) is 5.32 Å². The molecule has 0 aliphatic heterocycles. The molecule has 0 heterocycles. The number of halogens is 1. The summed E-state index contributed by atoms with van der Waals surface area (Å²) in [6.45, 7) is 2.21. The smallest absolute Gasteiger partial charge is 0.251 e. The number of carbonyl (C=O) groups excluding carboxylic acids is 1. The quantitative estimate of drug-likeness (QED) is 0.614. The van der Waals surface area contributed by atoms with Crippen molar-refractivity contribution in [3.05, 3.63) is 27.3 Å². The van der Waals surface area contributed by atoms with E-state index in [2.05, 4.69) is 12.2 Å². The Morgan fingerprint density at radius 2 is 2.05 bits per heavy atom. The first-order valence-corrected chi connectivity index (χ1v) is 7.95. The number of hydrogen-bond donors (Lipinski definition) is 2. The van der Waals surface area contributed by atoms with E-state index in [0.717, 1.165) is 9.99 Å². The summed E-state index contributed by atoms with van der Waals surface area (Å²) in [6.07, 6.45) is 5.96. The molecule has 1 aromatic rings. The van der Waals surface area contributed by atoms with E-state index in [4.69, 9.17) is 0 Å². The number of phenols is 1. The van der Waals surface area contributed by atoms with Crippen molar-refractivity contribution in [2.45, 2.75) is 45.1 Å². The number of benzene rings is 1. The minimum absolute atomic E-state index is 0.0783. The Bertz CT molecular complexity index is 461. The lowest BCUT2D eigenvalue weighted by atomic mass is 9.96. The maximum absolute atomic E-state index is 12.2. The Hall–Kier alpha value is -0.780. The number of rotatable bonds is 2. The van der Waals surface area contributed by atoms with Crippen LogP contribution in [-0.4, -0.2) is 17.1 Å². The number of aromatic hydroxyl groups is 1. The van der Waals surface area contributed by atoms with Crippen LogP contribution < -0.4 is 5.32 Å².